The number of benzene rings is 12. The van der Waals surface area contributed by atoms with Gasteiger partial charge in [0.15, 0.2) is 0 Å². The molecule has 0 nitrogen and oxygen atoms in total. The monoisotopic (exact) mass is 746 g/mol. The van der Waals surface area contributed by atoms with E-state index in [0.29, 0.717) is 0 Å². The fourth-order valence-electron chi connectivity index (χ4n) is 10.9. The van der Waals surface area contributed by atoms with Crippen LogP contribution in [-0.2, 0) is 5.41 Å². The summed E-state index contributed by atoms with van der Waals surface area (Å²) >= 11 is 0. The summed E-state index contributed by atoms with van der Waals surface area (Å²) in [6.07, 6.45) is 0. The van der Waals surface area contributed by atoms with Gasteiger partial charge in [0.05, 0.1) is 0 Å². The summed E-state index contributed by atoms with van der Waals surface area (Å²) in [6, 6.07) is 73.1. The fraction of sp³-hybridized carbons (Fsp3) is 0.0508. The Morgan fingerprint density at radius 1 is 0.254 bits per heavy atom. The number of rotatable bonds is 2. The number of fused-ring (bicyclic) bond motifs is 17. The molecule has 0 bridgehead atoms. The molecule has 0 aliphatic heterocycles. The van der Waals surface area contributed by atoms with Crippen LogP contribution in [0.4, 0.5) is 0 Å². The highest BCUT2D eigenvalue weighted by atomic mass is 14.4. The maximum Gasteiger partial charge on any atom is 0.0159 e. The van der Waals surface area contributed by atoms with E-state index in [0.717, 1.165) is 0 Å². The minimum atomic E-state index is -0.158. The van der Waals surface area contributed by atoms with Crippen molar-refractivity contribution in [1.82, 2.24) is 0 Å². The van der Waals surface area contributed by atoms with E-state index in [9.17, 15) is 0 Å². The van der Waals surface area contributed by atoms with Crippen molar-refractivity contribution < 1.29 is 0 Å². The van der Waals surface area contributed by atoms with Crippen molar-refractivity contribution in [2.75, 3.05) is 0 Å². The van der Waals surface area contributed by atoms with Crippen LogP contribution in [0.1, 0.15) is 25.0 Å². The Labute approximate surface area is 342 Å². The zero-order valence-electron chi connectivity index (χ0n) is 33.0. The summed E-state index contributed by atoms with van der Waals surface area (Å²) < 4.78 is 0. The third kappa shape index (κ3) is 4.55. The first-order valence-electron chi connectivity index (χ1n) is 20.8. The summed E-state index contributed by atoms with van der Waals surface area (Å²) in [7, 11) is 0. The predicted octanol–water partition coefficient (Wildman–Crippen LogP) is 16.6. The normalized spacial score (nSPS) is 13.4. The molecule has 1 aliphatic carbocycles. The molecule has 59 heavy (non-hydrogen) atoms. The van der Waals surface area contributed by atoms with E-state index < -0.39 is 0 Å². The zero-order chi connectivity index (χ0) is 39.0. The van der Waals surface area contributed by atoms with Crippen molar-refractivity contribution in [1.29, 1.82) is 0 Å². The summed E-state index contributed by atoms with van der Waals surface area (Å²) in [6.45, 7) is 4.84. The lowest BCUT2D eigenvalue weighted by atomic mass is 9.80. The Kier molecular flexibility index (Phi) is 6.60. The third-order valence-corrected chi connectivity index (χ3v) is 13.8. The van der Waals surface area contributed by atoms with Gasteiger partial charge in [-0.2, -0.15) is 0 Å². The molecule has 13 rings (SSSR count). The first-order valence-corrected chi connectivity index (χ1v) is 20.8. The molecule has 0 fully saturated rings. The molecule has 0 saturated heterocycles. The van der Waals surface area contributed by atoms with Crippen LogP contribution in [0.25, 0.3) is 120 Å². The molecule has 0 saturated carbocycles. The SMILES string of the molecule is CC1(C)c2cc3c4ccccc4c4ccccc4c3cc2-c2cc3c4ccccc4c4cc(-c5ccc(-c6c7ccccc7cc7ccccc67)cc5)ccc4c3cc21. The Bertz CT molecular complexity index is 3730. The summed E-state index contributed by atoms with van der Waals surface area (Å²) in [5, 5.41) is 20.9. The Morgan fingerprint density at radius 3 is 1.07 bits per heavy atom. The molecule has 274 valence electrons. The van der Waals surface area contributed by atoms with Crippen molar-refractivity contribution in [3.63, 3.8) is 0 Å². The van der Waals surface area contributed by atoms with Crippen LogP contribution in [0.5, 0.6) is 0 Å². The highest BCUT2D eigenvalue weighted by Crippen LogP contribution is 2.54. The summed E-state index contributed by atoms with van der Waals surface area (Å²) in [4.78, 5) is 0. The molecule has 0 unspecified atom stereocenters. The summed E-state index contributed by atoms with van der Waals surface area (Å²) in [5.74, 6) is 0. The van der Waals surface area contributed by atoms with Crippen molar-refractivity contribution in [2.45, 2.75) is 19.3 Å². The van der Waals surface area contributed by atoms with Gasteiger partial charge in [-0.15, -0.1) is 0 Å². The number of hydrogen-bond donors (Lipinski definition) is 0. The zero-order valence-corrected chi connectivity index (χ0v) is 33.0. The largest absolute Gasteiger partial charge is 0.0616 e. The predicted molar refractivity (Wildman–Crippen MR) is 255 cm³/mol. The first-order chi connectivity index (χ1) is 29.0. The quantitative estimate of drug-likeness (QED) is 0.122. The van der Waals surface area contributed by atoms with Gasteiger partial charge in [0.2, 0.25) is 0 Å². The summed E-state index contributed by atoms with van der Waals surface area (Å²) in [5.41, 5.74) is 10.4. The van der Waals surface area contributed by atoms with E-state index in [2.05, 4.69) is 208 Å². The van der Waals surface area contributed by atoms with Crippen molar-refractivity contribution in [2.24, 2.45) is 0 Å². The minimum Gasteiger partial charge on any atom is -0.0616 e. The lowest BCUT2D eigenvalue weighted by Gasteiger charge is -2.23. The molecule has 12 aromatic carbocycles. The van der Waals surface area contributed by atoms with Gasteiger partial charge in [-0.3, -0.25) is 0 Å². The first kappa shape index (κ1) is 32.8. The molecule has 1 aliphatic rings. The van der Waals surface area contributed by atoms with Crippen LogP contribution < -0.4 is 0 Å². The van der Waals surface area contributed by atoms with E-state index >= 15 is 0 Å². The second-order valence-electron chi connectivity index (χ2n) is 17.2. The molecular weight excluding hydrogens is 709 g/mol. The second kappa shape index (κ2) is 11.9. The van der Waals surface area contributed by atoms with Crippen molar-refractivity contribution in [3.05, 3.63) is 205 Å². The highest BCUT2D eigenvalue weighted by Gasteiger charge is 2.37. The van der Waals surface area contributed by atoms with Crippen LogP contribution in [0.2, 0.25) is 0 Å². The molecule has 0 heteroatoms. The van der Waals surface area contributed by atoms with Gasteiger partial charge in [0, 0.05) is 5.41 Å². The van der Waals surface area contributed by atoms with Crippen LogP contribution in [0, 0.1) is 0 Å². The van der Waals surface area contributed by atoms with E-state index in [1.165, 1.54) is 131 Å². The Balaban J connectivity index is 0.995. The molecule has 0 radical (unpaired) electrons. The van der Waals surface area contributed by atoms with Crippen LogP contribution >= 0.6 is 0 Å². The number of hydrogen-bond acceptors (Lipinski definition) is 0. The van der Waals surface area contributed by atoms with Gasteiger partial charge < -0.3 is 0 Å². The molecule has 0 amide bonds. The average molecular weight is 747 g/mol. The molecule has 0 aromatic heterocycles. The molecule has 0 spiro atoms. The van der Waals surface area contributed by atoms with Crippen LogP contribution in [0.15, 0.2) is 194 Å². The third-order valence-electron chi connectivity index (χ3n) is 13.8. The van der Waals surface area contributed by atoms with Crippen molar-refractivity contribution >= 4 is 86.2 Å². The Hall–Kier alpha value is -7.28. The van der Waals surface area contributed by atoms with E-state index in [1.807, 2.05) is 0 Å². The van der Waals surface area contributed by atoms with E-state index in [1.54, 1.807) is 0 Å². The van der Waals surface area contributed by atoms with Gasteiger partial charge >= 0.3 is 0 Å². The molecular formula is C59H38. The van der Waals surface area contributed by atoms with Crippen molar-refractivity contribution in [3.8, 4) is 33.4 Å². The lowest BCUT2D eigenvalue weighted by molar-refractivity contribution is 0.662. The van der Waals surface area contributed by atoms with E-state index in [4.69, 9.17) is 0 Å². The molecule has 0 N–H and O–H groups in total. The average Bonchev–Trinajstić information content (AvgIpc) is 3.51. The second-order valence-corrected chi connectivity index (χ2v) is 17.2. The van der Waals surface area contributed by atoms with Gasteiger partial charge in [0.25, 0.3) is 0 Å². The van der Waals surface area contributed by atoms with Gasteiger partial charge in [-0.25, -0.2) is 0 Å². The Morgan fingerprint density at radius 2 is 0.593 bits per heavy atom. The highest BCUT2D eigenvalue weighted by molar-refractivity contribution is 6.28. The fourth-order valence-corrected chi connectivity index (χ4v) is 10.9. The van der Waals surface area contributed by atoms with Crippen LogP contribution in [0.3, 0.4) is 0 Å². The topological polar surface area (TPSA) is 0 Å². The lowest BCUT2D eigenvalue weighted by Crippen LogP contribution is -2.15. The van der Waals surface area contributed by atoms with E-state index in [-0.39, 0.29) is 5.41 Å². The van der Waals surface area contributed by atoms with Crippen LogP contribution in [-0.4, -0.2) is 0 Å². The standard InChI is InChI=1S/C59H38/c1-59(2)56-33-52-45-20-10-8-18-43(45)42-17-7-9-19-44(42)50(52)31-54(56)55-32-51-47-22-12-11-21-46(47)49-30-37(27-28-48(49)53(51)34-57(55)59)35-23-25-36(26-24-35)58-40-15-5-3-13-38(40)29-39-14-4-6-16-41(39)58/h3-34H,1-2H3. The smallest absolute Gasteiger partial charge is 0.0159 e. The maximum atomic E-state index is 2.53. The maximum absolute atomic E-state index is 2.53. The van der Waals surface area contributed by atoms with Gasteiger partial charge in [0.1, 0.15) is 0 Å². The molecule has 12 aromatic rings. The molecule has 0 heterocycles. The molecule has 0 atom stereocenters. The van der Waals surface area contributed by atoms with Gasteiger partial charge in [-0.05, 0) is 167 Å². The minimum absolute atomic E-state index is 0.158. The van der Waals surface area contributed by atoms with Gasteiger partial charge in [-0.1, -0.05) is 172 Å².